The van der Waals surface area contributed by atoms with Gasteiger partial charge in [0.1, 0.15) is 5.82 Å². The van der Waals surface area contributed by atoms with Crippen LogP contribution in [0.15, 0.2) is 45.5 Å². The van der Waals surface area contributed by atoms with Crippen LogP contribution in [0, 0.1) is 0 Å². The van der Waals surface area contributed by atoms with Gasteiger partial charge in [-0.05, 0) is 30.9 Å². The molecule has 0 saturated carbocycles. The maximum atomic E-state index is 13.1. The molecule has 28 heavy (non-hydrogen) atoms. The fourth-order valence-corrected chi connectivity index (χ4v) is 4.88. The normalized spacial score (nSPS) is 19.7. The van der Waals surface area contributed by atoms with E-state index in [0.717, 1.165) is 30.5 Å². The Morgan fingerprint density at radius 3 is 2.82 bits per heavy atom. The zero-order valence-electron chi connectivity index (χ0n) is 15.8. The number of nitrogens with zero attached hydrogens (tertiary/aromatic N) is 1. The molecule has 5 nitrogen and oxygen atoms in total. The fourth-order valence-electron chi connectivity index (χ4n) is 3.79. The van der Waals surface area contributed by atoms with Crippen molar-refractivity contribution in [3.8, 4) is 0 Å². The molecule has 2 aliphatic rings. The number of fused-ring (bicyclic) bond motifs is 1. The fraction of sp³-hybridized carbons (Fsp3) is 0.381. The first-order chi connectivity index (χ1) is 13.5. The van der Waals surface area contributed by atoms with E-state index >= 15 is 0 Å². The topological polar surface area (TPSA) is 74.8 Å². The Morgan fingerprint density at radius 2 is 2.07 bits per heavy atom. The van der Waals surface area contributed by atoms with E-state index in [9.17, 15) is 9.59 Å². The number of ketones is 1. The molecule has 0 amide bonds. The number of thioether (sulfide) groups is 1. The minimum atomic E-state index is -0.494. The second-order valence-electron chi connectivity index (χ2n) is 7.22. The molecule has 2 atom stereocenters. The number of rotatable bonds is 4. The smallest absolute Gasteiger partial charge is 0.257 e. The summed E-state index contributed by atoms with van der Waals surface area (Å²) in [7, 11) is 0. The summed E-state index contributed by atoms with van der Waals surface area (Å²) in [5, 5.41) is 4.77. The molecule has 146 valence electrons. The van der Waals surface area contributed by atoms with E-state index in [0.29, 0.717) is 38.8 Å². The third-order valence-corrected chi connectivity index (χ3v) is 6.84. The lowest BCUT2D eigenvalue weighted by molar-refractivity contribution is -0.116. The Kier molecular flexibility index (Phi) is 5.34. The van der Waals surface area contributed by atoms with Gasteiger partial charge in [0.25, 0.3) is 5.56 Å². The molecule has 2 aromatic rings. The molecule has 1 aliphatic heterocycles. The van der Waals surface area contributed by atoms with Crippen LogP contribution in [0.5, 0.6) is 0 Å². The molecule has 7 heteroatoms. The zero-order chi connectivity index (χ0) is 19.8. The van der Waals surface area contributed by atoms with E-state index in [4.69, 9.17) is 16.6 Å². The molecule has 0 radical (unpaired) electrons. The quantitative estimate of drug-likeness (QED) is 0.550. The van der Waals surface area contributed by atoms with E-state index in [-0.39, 0.29) is 11.3 Å². The minimum Gasteiger partial charge on any atom is -0.343 e. The van der Waals surface area contributed by atoms with Crippen LogP contribution >= 0.6 is 23.4 Å². The summed E-state index contributed by atoms with van der Waals surface area (Å²) in [5.41, 5.74) is 2.53. The minimum absolute atomic E-state index is 0.0711. The number of hydrogen-bond acceptors (Lipinski definition) is 5. The first kappa shape index (κ1) is 19.3. The standard InChI is InChI=1S/C21H22ClN3O2S/c1-3-11(2)28-21-24-19-18(20(27)25-21)16(12-7-4-5-8-13(12)22)17-14(23-19)9-6-10-15(17)26/h4-5,7-8,11,16H,3,6,9-10H2,1-2H3,(H2,23,24,25,27). The number of H-pyrrole nitrogens is 1. The summed E-state index contributed by atoms with van der Waals surface area (Å²) in [6, 6.07) is 7.40. The highest BCUT2D eigenvalue weighted by molar-refractivity contribution is 7.99. The van der Waals surface area contributed by atoms with Gasteiger partial charge < -0.3 is 10.3 Å². The van der Waals surface area contributed by atoms with Crippen molar-refractivity contribution in [1.29, 1.82) is 0 Å². The molecule has 0 spiro atoms. The molecule has 2 heterocycles. The van der Waals surface area contributed by atoms with Gasteiger partial charge in [-0.3, -0.25) is 9.59 Å². The highest BCUT2D eigenvalue weighted by Gasteiger charge is 2.38. The molecule has 0 fully saturated rings. The molecular formula is C21H22ClN3O2S. The summed E-state index contributed by atoms with van der Waals surface area (Å²) in [4.78, 5) is 33.5. The first-order valence-corrected chi connectivity index (χ1v) is 10.8. The Labute approximate surface area is 173 Å². The van der Waals surface area contributed by atoms with Crippen LogP contribution in [0.1, 0.15) is 56.6 Å². The summed E-state index contributed by atoms with van der Waals surface area (Å²) < 4.78 is 0. The van der Waals surface area contributed by atoms with Crippen molar-refractivity contribution in [2.45, 2.75) is 55.9 Å². The second kappa shape index (κ2) is 7.76. The maximum Gasteiger partial charge on any atom is 0.257 e. The summed E-state index contributed by atoms with van der Waals surface area (Å²) in [5.74, 6) is 0.112. The Bertz CT molecular complexity index is 1030. The van der Waals surface area contributed by atoms with Crippen molar-refractivity contribution in [3.63, 3.8) is 0 Å². The number of anilines is 1. The van der Waals surface area contributed by atoms with Gasteiger partial charge in [0, 0.05) is 33.9 Å². The molecule has 1 aromatic carbocycles. The van der Waals surface area contributed by atoms with Crippen LogP contribution < -0.4 is 10.9 Å². The van der Waals surface area contributed by atoms with Gasteiger partial charge in [0.2, 0.25) is 0 Å². The average Bonchev–Trinajstić information content (AvgIpc) is 2.67. The van der Waals surface area contributed by atoms with Crippen LogP contribution in [0.4, 0.5) is 5.82 Å². The van der Waals surface area contributed by atoms with Crippen molar-refractivity contribution in [2.75, 3.05) is 5.32 Å². The number of aromatic nitrogens is 2. The Morgan fingerprint density at radius 1 is 1.29 bits per heavy atom. The molecule has 4 rings (SSSR count). The Balaban J connectivity index is 1.91. The number of Topliss-reactive ketones (excluding diaryl/α,β-unsaturated/α-hetero) is 1. The van der Waals surface area contributed by atoms with E-state index in [2.05, 4.69) is 24.1 Å². The molecule has 1 aliphatic carbocycles. The molecule has 2 unspecified atom stereocenters. The number of benzene rings is 1. The molecule has 0 saturated heterocycles. The lowest BCUT2D eigenvalue weighted by atomic mass is 9.76. The van der Waals surface area contributed by atoms with E-state index in [1.54, 1.807) is 17.8 Å². The van der Waals surface area contributed by atoms with E-state index < -0.39 is 5.92 Å². The van der Waals surface area contributed by atoms with Crippen molar-refractivity contribution < 1.29 is 4.79 Å². The van der Waals surface area contributed by atoms with Crippen LogP contribution in [0.3, 0.4) is 0 Å². The summed E-state index contributed by atoms with van der Waals surface area (Å²) >= 11 is 8.03. The molecule has 1 aromatic heterocycles. The predicted octanol–water partition coefficient (Wildman–Crippen LogP) is 4.88. The number of halogens is 1. The van der Waals surface area contributed by atoms with Crippen LogP contribution in [0.25, 0.3) is 0 Å². The van der Waals surface area contributed by atoms with Crippen molar-refractivity contribution in [3.05, 3.63) is 62.0 Å². The number of aromatic amines is 1. The third-order valence-electron chi connectivity index (χ3n) is 5.34. The highest BCUT2D eigenvalue weighted by atomic mass is 35.5. The highest BCUT2D eigenvalue weighted by Crippen LogP contribution is 2.45. The molecule has 2 N–H and O–H groups in total. The van der Waals surface area contributed by atoms with Gasteiger partial charge in [-0.1, -0.05) is 55.4 Å². The number of carbonyl (C=O) groups excluding carboxylic acids is 1. The van der Waals surface area contributed by atoms with E-state index in [1.165, 1.54) is 0 Å². The SMILES string of the molecule is CCC(C)Sc1nc2c(c(=O)[nH]1)C(c1ccccc1Cl)C1=C(CCCC1=O)N2. The summed E-state index contributed by atoms with van der Waals surface area (Å²) in [6.45, 7) is 4.20. The predicted molar refractivity (Wildman–Crippen MR) is 113 cm³/mol. The van der Waals surface area contributed by atoms with Crippen molar-refractivity contribution in [1.82, 2.24) is 9.97 Å². The van der Waals surface area contributed by atoms with E-state index in [1.807, 2.05) is 18.2 Å². The third kappa shape index (κ3) is 3.40. The Hall–Kier alpha value is -2.05. The number of allylic oxidation sites excluding steroid dienone is 2. The van der Waals surface area contributed by atoms with Gasteiger partial charge in [0.05, 0.1) is 5.56 Å². The van der Waals surface area contributed by atoms with Gasteiger partial charge in [-0.25, -0.2) is 4.98 Å². The van der Waals surface area contributed by atoms with Gasteiger partial charge in [-0.2, -0.15) is 0 Å². The van der Waals surface area contributed by atoms with Gasteiger partial charge in [0.15, 0.2) is 10.9 Å². The average molecular weight is 416 g/mol. The lowest BCUT2D eigenvalue weighted by Gasteiger charge is -2.33. The number of nitrogens with one attached hydrogen (secondary N) is 2. The largest absolute Gasteiger partial charge is 0.343 e. The maximum absolute atomic E-state index is 13.1. The van der Waals surface area contributed by atoms with Crippen molar-refractivity contribution in [2.24, 2.45) is 0 Å². The first-order valence-electron chi connectivity index (χ1n) is 9.58. The van der Waals surface area contributed by atoms with Crippen LogP contribution in [-0.4, -0.2) is 21.0 Å². The van der Waals surface area contributed by atoms with Crippen LogP contribution in [0.2, 0.25) is 5.02 Å². The summed E-state index contributed by atoms with van der Waals surface area (Å²) in [6.07, 6.45) is 3.03. The monoisotopic (exact) mass is 415 g/mol. The van der Waals surface area contributed by atoms with Crippen LogP contribution in [-0.2, 0) is 4.79 Å². The second-order valence-corrected chi connectivity index (χ2v) is 9.05. The van der Waals surface area contributed by atoms with Gasteiger partial charge in [-0.15, -0.1) is 0 Å². The molecule has 0 bridgehead atoms. The molecular weight excluding hydrogens is 394 g/mol. The van der Waals surface area contributed by atoms with Gasteiger partial charge >= 0.3 is 0 Å². The number of hydrogen-bond donors (Lipinski definition) is 2. The number of carbonyl (C=O) groups is 1. The lowest BCUT2D eigenvalue weighted by Crippen LogP contribution is -2.33. The van der Waals surface area contributed by atoms with Crippen molar-refractivity contribution >= 4 is 35.0 Å². The zero-order valence-corrected chi connectivity index (χ0v) is 17.4.